The third-order valence-corrected chi connectivity index (χ3v) is 3.94. The van der Waals surface area contributed by atoms with E-state index in [-0.39, 0.29) is 6.10 Å². The lowest BCUT2D eigenvalue weighted by molar-refractivity contribution is 0.114. The molecule has 1 heterocycles. The first-order valence-corrected chi connectivity index (χ1v) is 7.90. The van der Waals surface area contributed by atoms with Crippen LogP contribution >= 0.6 is 12.2 Å². The number of nitrogens with one attached hydrogen (secondary N) is 2. The predicted octanol–water partition coefficient (Wildman–Crippen LogP) is 2.82. The monoisotopic (exact) mass is 313 g/mol. The zero-order chi connectivity index (χ0) is 15.2. The molecule has 1 atom stereocenters. The molecule has 0 radical (unpaired) electrons. The zero-order valence-electron chi connectivity index (χ0n) is 12.3. The van der Waals surface area contributed by atoms with Crippen LogP contribution in [0.15, 0.2) is 47.6 Å². The van der Waals surface area contributed by atoms with Gasteiger partial charge in [0, 0.05) is 18.7 Å². The molecule has 0 spiro atoms. The van der Waals surface area contributed by atoms with Gasteiger partial charge in [0.1, 0.15) is 0 Å². The highest BCUT2D eigenvalue weighted by molar-refractivity contribution is 7.80. The molecule has 5 heteroatoms. The van der Waals surface area contributed by atoms with Crippen molar-refractivity contribution in [2.45, 2.75) is 18.9 Å². The number of hydrogen-bond acceptors (Lipinski definition) is 3. The summed E-state index contributed by atoms with van der Waals surface area (Å²) in [5.41, 5.74) is 3.92. The van der Waals surface area contributed by atoms with Crippen LogP contribution in [0.3, 0.4) is 0 Å². The van der Waals surface area contributed by atoms with Gasteiger partial charge in [0.2, 0.25) is 0 Å². The SMILES string of the molecule is S=C(NCC1CCCO1)N/N=C/c1cccc2ccccc12. The smallest absolute Gasteiger partial charge is 0.187 e. The molecule has 22 heavy (non-hydrogen) atoms. The van der Waals surface area contributed by atoms with Crippen LogP contribution in [0.4, 0.5) is 0 Å². The molecular formula is C17H19N3OS. The molecule has 114 valence electrons. The Kier molecular flexibility index (Phi) is 4.98. The Morgan fingerprint density at radius 1 is 1.27 bits per heavy atom. The number of ether oxygens (including phenoxy) is 1. The second-order valence-corrected chi connectivity index (χ2v) is 5.69. The first-order chi connectivity index (χ1) is 10.8. The number of benzene rings is 2. The Labute approximate surface area is 135 Å². The highest BCUT2D eigenvalue weighted by atomic mass is 32.1. The van der Waals surface area contributed by atoms with Crippen molar-refractivity contribution in [1.82, 2.24) is 10.7 Å². The molecule has 0 aromatic heterocycles. The number of hydrogen-bond donors (Lipinski definition) is 2. The lowest BCUT2D eigenvalue weighted by Gasteiger charge is -2.11. The second kappa shape index (κ2) is 7.33. The van der Waals surface area contributed by atoms with E-state index < -0.39 is 0 Å². The molecule has 2 aromatic rings. The average Bonchev–Trinajstić information content (AvgIpc) is 3.07. The molecule has 1 fully saturated rings. The summed E-state index contributed by atoms with van der Waals surface area (Å²) in [5, 5.41) is 10.2. The summed E-state index contributed by atoms with van der Waals surface area (Å²) in [6, 6.07) is 14.4. The molecule has 2 N–H and O–H groups in total. The van der Waals surface area contributed by atoms with Crippen LogP contribution in [0.5, 0.6) is 0 Å². The van der Waals surface area contributed by atoms with Gasteiger partial charge >= 0.3 is 0 Å². The summed E-state index contributed by atoms with van der Waals surface area (Å²) in [5.74, 6) is 0. The quantitative estimate of drug-likeness (QED) is 0.518. The molecule has 2 aromatic carbocycles. The number of hydrazone groups is 1. The van der Waals surface area contributed by atoms with Crippen LogP contribution in [-0.2, 0) is 4.74 Å². The van der Waals surface area contributed by atoms with E-state index in [4.69, 9.17) is 17.0 Å². The van der Waals surface area contributed by atoms with E-state index in [0.29, 0.717) is 5.11 Å². The Hall–Kier alpha value is -1.98. The van der Waals surface area contributed by atoms with Gasteiger partial charge in [-0.15, -0.1) is 0 Å². The van der Waals surface area contributed by atoms with Gasteiger partial charge in [-0.3, -0.25) is 5.43 Å². The van der Waals surface area contributed by atoms with E-state index in [2.05, 4.69) is 34.0 Å². The van der Waals surface area contributed by atoms with Gasteiger partial charge in [-0.25, -0.2) is 0 Å². The van der Waals surface area contributed by atoms with Crippen LogP contribution in [0.2, 0.25) is 0 Å². The Balaban J connectivity index is 1.55. The van der Waals surface area contributed by atoms with Crippen molar-refractivity contribution in [1.29, 1.82) is 0 Å². The van der Waals surface area contributed by atoms with E-state index in [0.717, 1.165) is 31.6 Å². The fraction of sp³-hybridized carbons (Fsp3) is 0.294. The molecule has 1 unspecified atom stereocenters. The average molecular weight is 313 g/mol. The molecule has 1 aliphatic heterocycles. The summed E-state index contributed by atoms with van der Waals surface area (Å²) in [6.07, 6.45) is 4.28. The highest BCUT2D eigenvalue weighted by Crippen LogP contribution is 2.16. The molecule has 0 bridgehead atoms. The summed E-state index contributed by atoms with van der Waals surface area (Å²) < 4.78 is 5.54. The molecule has 0 amide bonds. The molecule has 0 aliphatic carbocycles. The Morgan fingerprint density at radius 2 is 2.14 bits per heavy atom. The standard InChI is InChI=1S/C17H19N3OS/c22-17(18-12-15-8-4-10-21-15)20-19-11-14-7-3-6-13-5-1-2-9-16(13)14/h1-3,5-7,9,11,15H,4,8,10,12H2,(H2,18,20,22)/b19-11+. The van der Waals surface area contributed by atoms with Crippen molar-refractivity contribution in [3.8, 4) is 0 Å². The first kappa shape index (κ1) is 14.9. The maximum atomic E-state index is 5.54. The minimum atomic E-state index is 0.266. The third-order valence-electron chi connectivity index (χ3n) is 3.71. The van der Waals surface area contributed by atoms with Crippen LogP contribution in [0, 0.1) is 0 Å². The van der Waals surface area contributed by atoms with Gasteiger partial charge in [0.25, 0.3) is 0 Å². The van der Waals surface area contributed by atoms with Crippen molar-refractivity contribution in [3.63, 3.8) is 0 Å². The topological polar surface area (TPSA) is 45.6 Å². The van der Waals surface area contributed by atoms with Gasteiger partial charge in [-0.2, -0.15) is 5.10 Å². The minimum Gasteiger partial charge on any atom is -0.376 e. The molecule has 1 aliphatic rings. The van der Waals surface area contributed by atoms with Crippen LogP contribution < -0.4 is 10.7 Å². The summed E-state index contributed by atoms with van der Waals surface area (Å²) in [4.78, 5) is 0. The number of nitrogens with zero attached hydrogens (tertiary/aromatic N) is 1. The molecule has 4 nitrogen and oxygen atoms in total. The normalized spacial score (nSPS) is 17.9. The lowest BCUT2D eigenvalue weighted by Crippen LogP contribution is -2.37. The van der Waals surface area contributed by atoms with Gasteiger partial charge < -0.3 is 10.1 Å². The highest BCUT2D eigenvalue weighted by Gasteiger charge is 2.14. The van der Waals surface area contributed by atoms with E-state index in [1.807, 2.05) is 24.3 Å². The fourth-order valence-corrected chi connectivity index (χ4v) is 2.71. The van der Waals surface area contributed by atoms with Crippen LogP contribution in [0.1, 0.15) is 18.4 Å². The van der Waals surface area contributed by atoms with E-state index >= 15 is 0 Å². The number of rotatable bonds is 4. The van der Waals surface area contributed by atoms with Gasteiger partial charge in [0.05, 0.1) is 12.3 Å². The fourth-order valence-electron chi connectivity index (χ4n) is 2.57. The Morgan fingerprint density at radius 3 is 3.00 bits per heavy atom. The molecule has 1 saturated heterocycles. The van der Waals surface area contributed by atoms with Crippen molar-refractivity contribution >= 4 is 34.3 Å². The van der Waals surface area contributed by atoms with Crippen molar-refractivity contribution in [2.75, 3.05) is 13.2 Å². The zero-order valence-corrected chi connectivity index (χ0v) is 13.1. The largest absolute Gasteiger partial charge is 0.376 e. The van der Waals surface area contributed by atoms with Crippen molar-refractivity contribution in [2.24, 2.45) is 5.10 Å². The van der Waals surface area contributed by atoms with Gasteiger partial charge in [-0.05, 0) is 35.8 Å². The van der Waals surface area contributed by atoms with E-state index in [1.165, 1.54) is 10.8 Å². The molecular weight excluding hydrogens is 294 g/mol. The summed E-state index contributed by atoms with van der Waals surface area (Å²) in [6.45, 7) is 1.58. The van der Waals surface area contributed by atoms with E-state index in [9.17, 15) is 0 Å². The van der Waals surface area contributed by atoms with Crippen molar-refractivity contribution in [3.05, 3.63) is 48.0 Å². The van der Waals surface area contributed by atoms with Gasteiger partial charge in [-0.1, -0.05) is 42.5 Å². The maximum absolute atomic E-state index is 5.54. The summed E-state index contributed by atoms with van der Waals surface area (Å²) in [7, 11) is 0. The lowest BCUT2D eigenvalue weighted by atomic mass is 10.1. The number of fused-ring (bicyclic) bond motifs is 1. The van der Waals surface area contributed by atoms with Crippen molar-refractivity contribution < 1.29 is 4.74 Å². The first-order valence-electron chi connectivity index (χ1n) is 7.49. The van der Waals surface area contributed by atoms with Crippen LogP contribution in [-0.4, -0.2) is 30.6 Å². The van der Waals surface area contributed by atoms with E-state index in [1.54, 1.807) is 6.21 Å². The Bertz CT molecular complexity index is 675. The van der Waals surface area contributed by atoms with Gasteiger partial charge in [0.15, 0.2) is 5.11 Å². The maximum Gasteiger partial charge on any atom is 0.187 e. The van der Waals surface area contributed by atoms with Crippen LogP contribution in [0.25, 0.3) is 10.8 Å². The minimum absolute atomic E-state index is 0.266. The predicted molar refractivity (Wildman–Crippen MR) is 94.3 cm³/mol. The number of thiocarbonyl (C=S) groups is 1. The summed E-state index contributed by atoms with van der Waals surface area (Å²) >= 11 is 5.21. The second-order valence-electron chi connectivity index (χ2n) is 5.28. The molecule has 0 saturated carbocycles. The molecule has 3 rings (SSSR count). The third kappa shape index (κ3) is 3.81.